The summed E-state index contributed by atoms with van der Waals surface area (Å²) in [7, 11) is 0. The van der Waals surface area contributed by atoms with E-state index in [-0.39, 0.29) is 10.8 Å². The van der Waals surface area contributed by atoms with Gasteiger partial charge in [-0.3, -0.25) is 0 Å². The molecule has 6 rings (SSSR count). The quantitative estimate of drug-likeness (QED) is 0.210. The molecule has 0 saturated carbocycles. The van der Waals surface area contributed by atoms with Crippen LogP contribution in [0.2, 0.25) is 0 Å². The predicted octanol–water partition coefficient (Wildman–Crippen LogP) is 8.99. The first-order valence-corrected chi connectivity index (χ1v) is 16.3. The molecule has 0 bridgehead atoms. The summed E-state index contributed by atoms with van der Waals surface area (Å²) in [5, 5.41) is 0. The lowest BCUT2D eigenvalue weighted by molar-refractivity contribution is -0.0337. The third-order valence-electron chi connectivity index (χ3n) is 10.2. The second-order valence-corrected chi connectivity index (χ2v) is 13.6. The average molecular weight is 573 g/mol. The summed E-state index contributed by atoms with van der Waals surface area (Å²) in [6, 6.07) is 40.1. The predicted molar refractivity (Wildman–Crippen MR) is 182 cm³/mol. The summed E-state index contributed by atoms with van der Waals surface area (Å²) >= 11 is 0. The van der Waals surface area contributed by atoms with Crippen molar-refractivity contribution in [2.45, 2.75) is 76.4 Å². The minimum Gasteiger partial charge on any atom is -0.375 e. The fourth-order valence-electron chi connectivity index (χ4n) is 6.99. The SMILES string of the molecule is CC(C)(c1ccccc1)c1ccc(N2CCC(OC3CCN(c4ccc(C(C)(C)c5ccccc5)cc4)CC3)CC2)cc1. The van der Waals surface area contributed by atoms with Gasteiger partial charge in [-0.15, -0.1) is 0 Å². The molecule has 224 valence electrons. The maximum absolute atomic E-state index is 6.67. The molecule has 2 aliphatic heterocycles. The Morgan fingerprint density at radius 2 is 0.744 bits per heavy atom. The molecule has 43 heavy (non-hydrogen) atoms. The zero-order chi connectivity index (χ0) is 29.9. The van der Waals surface area contributed by atoms with Gasteiger partial charge in [-0.05, 0) is 72.2 Å². The molecule has 3 nitrogen and oxygen atoms in total. The van der Waals surface area contributed by atoms with Crippen LogP contribution in [0.25, 0.3) is 0 Å². The summed E-state index contributed by atoms with van der Waals surface area (Å²) in [6.45, 7) is 13.5. The fourth-order valence-corrected chi connectivity index (χ4v) is 6.99. The normalized spacial score (nSPS) is 17.3. The molecule has 0 unspecified atom stereocenters. The topological polar surface area (TPSA) is 15.7 Å². The Bertz CT molecular complexity index is 1320. The first kappa shape index (κ1) is 29.5. The number of hydrogen-bond acceptors (Lipinski definition) is 3. The molecule has 2 saturated heterocycles. The van der Waals surface area contributed by atoms with Crippen LogP contribution in [0.5, 0.6) is 0 Å². The van der Waals surface area contributed by atoms with Crippen molar-refractivity contribution >= 4 is 11.4 Å². The van der Waals surface area contributed by atoms with E-state index in [2.05, 4.69) is 147 Å². The number of ether oxygens (including phenoxy) is 1. The molecule has 3 heteroatoms. The van der Waals surface area contributed by atoms with E-state index in [4.69, 9.17) is 4.74 Å². The van der Waals surface area contributed by atoms with Gasteiger partial charge < -0.3 is 14.5 Å². The van der Waals surface area contributed by atoms with E-state index in [1.54, 1.807) is 0 Å². The third kappa shape index (κ3) is 6.53. The van der Waals surface area contributed by atoms with Gasteiger partial charge in [0.25, 0.3) is 0 Å². The van der Waals surface area contributed by atoms with Crippen molar-refractivity contribution in [3.05, 3.63) is 131 Å². The van der Waals surface area contributed by atoms with E-state index in [1.165, 1.54) is 33.6 Å². The summed E-state index contributed by atoms with van der Waals surface area (Å²) in [6.07, 6.45) is 5.19. The van der Waals surface area contributed by atoms with Crippen molar-refractivity contribution in [1.29, 1.82) is 0 Å². The highest BCUT2D eigenvalue weighted by Gasteiger charge is 2.28. The number of hydrogen-bond donors (Lipinski definition) is 0. The Morgan fingerprint density at radius 1 is 0.442 bits per heavy atom. The Balaban J connectivity index is 0.966. The van der Waals surface area contributed by atoms with E-state index in [1.807, 2.05) is 0 Å². The first-order chi connectivity index (χ1) is 20.8. The molecule has 2 fully saturated rings. The van der Waals surface area contributed by atoms with Gasteiger partial charge in [-0.25, -0.2) is 0 Å². The second-order valence-electron chi connectivity index (χ2n) is 13.6. The van der Waals surface area contributed by atoms with Crippen LogP contribution in [-0.4, -0.2) is 38.4 Å². The van der Waals surface area contributed by atoms with Crippen molar-refractivity contribution in [2.75, 3.05) is 36.0 Å². The molecule has 2 heterocycles. The Hall–Kier alpha value is -3.56. The van der Waals surface area contributed by atoms with Crippen molar-refractivity contribution in [2.24, 2.45) is 0 Å². The van der Waals surface area contributed by atoms with Crippen LogP contribution in [0.3, 0.4) is 0 Å². The molecule has 0 spiro atoms. The lowest BCUT2D eigenvalue weighted by atomic mass is 9.78. The molecule has 2 aliphatic rings. The van der Waals surface area contributed by atoms with Crippen LogP contribution < -0.4 is 9.80 Å². The van der Waals surface area contributed by atoms with Crippen LogP contribution in [0.1, 0.15) is 75.6 Å². The van der Waals surface area contributed by atoms with Crippen molar-refractivity contribution in [1.82, 2.24) is 0 Å². The molecule has 0 aliphatic carbocycles. The van der Waals surface area contributed by atoms with E-state index < -0.39 is 0 Å². The zero-order valence-electron chi connectivity index (χ0n) is 26.5. The molecule has 0 amide bonds. The molecule has 0 aromatic heterocycles. The summed E-state index contributed by atoms with van der Waals surface area (Å²) < 4.78 is 6.67. The van der Waals surface area contributed by atoms with Gasteiger partial charge >= 0.3 is 0 Å². The summed E-state index contributed by atoms with van der Waals surface area (Å²) in [5.74, 6) is 0. The monoisotopic (exact) mass is 572 g/mol. The second kappa shape index (κ2) is 12.6. The van der Waals surface area contributed by atoms with Crippen molar-refractivity contribution < 1.29 is 4.74 Å². The standard InChI is InChI=1S/C40H48N2O/c1-39(2,31-11-7-5-8-12-31)33-15-19-35(20-16-33)41-27-23-37(24-28-41)43-38-25-29-42(30-26-38)36-21-17-34(18-22-36)40(3,4)32-13-9-6-10-14-32/h5-22,37-38H,23-30H2,1-4H3. The molecular formula is C40H48N2O. The Labute approximate surface area is 259 Å². The number of benzene rings is 4. The van der Waals surface area contributed by atoms with E-state index in [9.17, 15) is 0 Å². The minimum absolute atomic E-state index is 0.00106. The highest BCUT2D eigenvalue weighted by Crippen LogP contribution is 2.35. The van der Waals surface area contributed by atoms with Crippen molar-refractivity contribution in [3.8, 4) is 0 Å². The molecular weight excluding hydrogens is 524 g/mol. The number of nitrogens with zero attached hydrogens (tertiary/aromatic N) is 2. The lowest BCUT2D eigenvalue weighted by Gasteiger charge is -2.38. The van der Waals surface area contributed by atoms with Crippen LogP contribution in [0.15, 0.2) is 109 Å². The number of anilines is 2. The number of piperidine rings is 2. The smallest absolute Gasteiger partial charge is 0.0612 e. The van der Waals surface area contributed by atoms with Gasteiger partial charge in [-0.1, -0.05) is 113 Å². The number of rotatable bonds is 8. The van der Waals surface area contributed by atoms with Gasteiger partial charge in [-0.2, -0.15) is 0 Å². The van der Waals surface area contributed by atoms with E-state index >= 15 is 0 Å². The van der Waals surface area contributed by atoms with Crippen LogP contribution in [-0.2, 0) is 15.6 Å². The van der Waals surface area contributed by atoms with Crippen LogP contribution in [0, 0.1) is 0 Å². The van der Waals surface area contributed by atoms with Crippen LogP contribution in [0.4, 0.5) is 11.4 Å². The highest BCUT2D eigenvalue weighted by atomic mass is 16.5. The maximum Gasteiger partial charge on any atom is 0.0612 e. The van der Waals surface area contributed by atoms with E-state index in [0.717, 1.165) is 51.9 Å². The zero-order valence-corrected chi connectivity index (χ0v) is 26.5. The Kier molecular flexibility index (Phi) is 8.63. The van der Waals surface area contributed by atoms with Crippen molar-refractivity contribution in [3.63, 3.8) is 0 Å². The lowest BCUT2D eigenvalue weighted by Crippen LogP contribution is -2.42. The Morgan fingerprint density at radius 3 is 1.07 bits per heavy atom. The van der Waals surface area contributed by atoms with Gasteiger partial charge in [0.1, 0.15) is 0 Å². The fraction of sp³-hybridized carbons (Fsp3) is 0.400. The molecule has 0 atom stereocenters. The minimum atomic E-state index is -0.00106. The van der Waals surface area contributed by atoms with Gasteiger partial charge in [0.05, 0.1) is 12.2 Å². The summed E-state index contributed by atoms with van der Waals surface area (Å²) in [5.41, 5.74) is 8.09. The third-order valence-corrected chi connectivity index (χ3v) is 10.2. The van der Waals surface area contributed by atoms with Crippen LogP contribution >= 0.6 is 0 Å². The molecule has 4 aromatic rings. The largest absolute Gasteiger partial charge is 0.375 e. The maximum atomic E-state index is 6.67. The molecule has 0 radical (unpaired) electrons. The molecule has 4 aromatic carbocycles. The average Bonchev–Trinajstić information content (AvgIpc) is 3.06. The van der Waals surface area contributed by atoms with Gasteiger partial charge in [0.2, 0.25) is 0 Å². The van der Waals surface area contributed by atoms with Gasteiger partial charge in [0.15, 0.2) is 0 Å². The van der Waals surface area contributed by atoms with E-state index in [0.29, 0.717) is 12.2 Å². The van der Waals surface area contributed by atoms with Gasteiger partial charge in [0, 0.05) is 48.4 Å². The summed E-state index contributed by atoms with van der Waals surface area (Å²) in [4.78, 5) is 5.06. The first-order valence-electron chi connectivity index (χ1n) is 16.3. The molecule has 0 N–H and O–H groups in total. The highest BCUT2D eigenvalue weighted by molar-refractivity contribution is 5.52.